The Balaban J connectivity index is 1.52. The molecule has 10 heteroatoms. The summed E-state index contributed by atoms with van der Waals surface area (Å²) in [6.07, 6.45) is 2.65. The predicted octanol–water partition coefficient (Wildman–Crippen LogP) is 3.65. The number of aryl methyl sites for hydroxylation is 1. The first-order chi connectivity index (χ1) is 14.3. The number of aromatic nitrogens is 2. The summed E-state index contributed by atoms with van der Waals surface area (Å²) in [4.78, 5) is 12.7. The van der Waals surface area contributed by atoms with Gasteiger partial charge in [0.15, 0.2) is 4.34 Å². The number of benzene rings is 1. The minimum atomic E-state index is -3.38. The summed E-state index contributed by atoms with van der Waals surface area (Å²) in [5, 5.41) is 11.8. The maximum absolute atomic E-state index is 12.8. The molecule has 2 heterocycles. The largest absolute Gasteiger partial charge is 0.300 e. The topological polar surface area (TPSA) is 92.3 Å². The summed E-state index contributed by atoms with van der Waals surface area (Å²) >= 11 is 2.94. The molecular formula is C20H28N4O3S3. The normalized spacial score (nSPS) is 17.9. The molecule has 0 spiro atoms. The lowest BCUT2D eigenvalue weighted by atomic mass is 9.99. The fraction of sp³-hybridized carbons (Fsp3) is 0.550. The van der Waals surface area contributed by atoms with E-state index in [1.165, 1.54) is 15.6 Å². The van der Waals surface area contributed by atoms with Crippen molar-refractivity contribution in [2.45, 2.75) is 49.1 Å². The highest BCUT2D eigenvalue weighted by Crippen LogP contribution is 2.29. The zero-order valence-electron chi connectivity index (χ0n) is 17.3. The lowest BCUT2D eigenvalue weighted by Gasteiger charge is -2.31. The molecule has 1 N–H and O–H groups in total. The van der Waals surface area contributed by atoms with E-state index in [-0.39, 0.29) is 24.1 Å². The number of amides is 1. The van der Waals surface area contributed by atoms with Crippen LogP contribution in [0.3, 0.4) is 0 Å². The fourth-order valence-electron chi connectivity index (χ4n) is 3.36. The van der Waals surface area contributed by atoms with Gasteiger partial charge in [-0.25, -0.2) is 12.7 Å². The number of rotatable bonds is 9. The standard InChI is InChI=1S/C20H28N4O3S3/c1-15(2)28-20-23-22-19(29-20)21-18(25)17-11-6-12-24(14-17)30(26,27)13-7-10-16-8-4-3-5-9-16/h3-5,8-9,15,17H,6-7,10-14H2,1-2H3,(H,21,22,25)/t17-/m1/s1. The Kier molecular flexibility index (Phi) is 8.27. The van der Waals surface area contributed by atoms with Crippen molar-refractivity contribution >= 4 is 44.2 Å². The molecule has 30 heavy (non-hydrogen) atoms. The average Bonchev–Trinajstić information content (AvgIpc) is 3.14. The van der Waals surface area contributed by atoms with Crippen LogP contribution < -0.4 is 5.32 Å². The minimum absolute atomic E-state index is 0.0996. The Morgan fingerprint density at radius 1 is 1.30 bits per heavy atom. The van der Waals surface area contributed by atoms with Crippen molar-refractivity contribution in [1.29, 1.82) is 0 Å². The Morgan fingerprint density at radius 3 is 2.80 bits per heavy atom. The van der Waals surface area contributed by atoms with Gasteiger partial charge in [-0.1, -0.05) is 67.3 Å². The summed E-state index contributed by atoms with van der Waals surface area (Å²) in [7, 11) is -3.38. The third-order valence-electron chi connectivity index (χ3n) is 4.83. The number of hydrogen-bond acceptors (Lipinski definition) is 7. The quantitative estimate of drug-likeness (QED) is 0.446. The third kappa shape index (κ3) is 6.76. The Labute approximate surface area is 186 Å². The molecule has 3 rings (SSSR count). The molecule has 0 radical (unpaired) electrons. The van der Waals surface area contributed by atoms with Gasteiger partial charge in [-0.3, -0.25) is 4.79 Å². The Hall–Kier alpha value is -1.49. The average molecular weight is 469 g/mol. The van der Waals surface area contributed by atoms with Crippen LogP contribution in [0.1, 0.15) is 38.7 Å². The van der Waals surface area contributed by atoms with Crippen LogP contribution >= 0.6 is 23.1 Å². The zero-order valence-corrected chi connectivity index (χ0v) is 19.7. The molecule has 0 aliphatic carbocycles. The van der Waals surface area contributed by atoms with Crippen molar-refractivity contribution in [3.63, 3.8) is 0 Å². The molecule has 164 valence electrons. The first kappa shape index (κ1) is 23.2. The number of piperidine rings is 1. The molecule has 1 aromatic carbocycles. The van der Waals surface area contributed by atoms with Gasteiger partial charge in [-0.05, 0) is 31.2 Å². The fourth-order valence-corrected chi connectivity index (χ4v) is 6.92. The number of carbonyl (C=O) groups excluding carboxylic acids is 1. The van der Waals surface area contributed by atoms with Crippen molar-refractivity contribution in [1.82, 2.24) is 14.5 Å². The second-order valence-corrected chi connectivity index (χ2v) is 12.5. The van der Waals surface area contributed by atoms with Gasteiger partial charge in [0.25, 0.3) is 0 Å². The smallest absolute Gasteiger partial charge is 0.230 e. The summed E-state index contributed by atoms with van der Waals surface area (Å²) in [6, 6.07) is 9.88. The first-order valence-electron chi connectivity index (χ1n) is 10.2. The van der Waals surface area contributed by atoms with E-state index in [4.69, 9.17) is 0 Å². The van der Waals surface area contributed by atoms with Crippen molar-refractivity contribution in [2.24, 2.45) is 5.92 Å². The van der Waals surface area contributed by atoms with Gasteiger partial charge in [-0.2, -0.15) is 0 Å². The van der Waals surface area contributed by atoms with Gasteiger partial charge in [0.1, 0.15) is 0 Å². The predicted molar refractivity (Wildman–Crippen MR) is 122 cm³/mol. The van der Waals surface area contributed by atoms with E-state index in [1.54, 1.807) is 11.8 Å². The van der Waals surface area contributed by atoms with Crippen molar-refractivity contribution in [3.8, 4) is 0 Å². The third-order valence-corrected chi connectivity index (χ3v) is 8.68. The van der Waals surface area contributed by atoms with Crippen LogP contribution in [-0.2, 0) is 21.2 Å². The van der Waals surface area contributed by atoms with Gasteiger partial charge in [0, 0.05) is 18.3 Å². The molecule has 1 saturated heterocycles. The highest BCUT2D eigenvalue weighted by molar-refractivity contribution is 8.01. The van der Waals surface area contributed by atoms with E-state index < -0.39 is 10.0 Å². The van der Waals surface area contributed by atoms with Crippen LogP contribution in [0.5, 0.6) is 0 Å². The van der Waals surface area contributed by atoms with Crippen LogP contribution in [0.15, 0.2) is 34.7 Å². The van der Waals surface area contributed by atoms with E-state index in [1.807, 2.05) is 30.3 Å². The monoisotopic (exact) mass is 468 g/mol. The van der Waals surface area contributed by atoms with E-state index in [0.29, 0.717) is 36.2 Å². The molecular weight excluding hydrogens is 440 g/mol. The molecule has 2 aromatic rings. The van der Waals surface area contributed by atoms with Crippen molar-refractivity contribution in [3.05, 3.63) is 35.9 Å². The number of hydrogen-bond donors (Lipinski definition) is 1. The number of thioether (sulfide) groups is 1. The maximum Gasteiger partial charge on any atom is 0.230 e. The van der Waals surface area contributed by atoms with E-state index in [2.05, 4.69) is 29.4 Å². The number of nitrogens with one attached hydrogen (secondary N) is 1. The van der Waals surface area contributed by atoms with Gasteiger partial charge in [0.05, 0.1) is 11.7 Å². The van der Waals surface area contributed by atoms with Crippen LogP contribution in [0.4, 0.5) is 5.13 Å². The summed E-state index contributed by atoms with van der Waals surface area (Å²) in [5.41, 5.74) is 1.13. The summed E-state index contributed by atoms with van der Waals surface area (Å²) < 4.78 is 27.8. The summed E-state index contributed by atoms with van der Waals surface area (Å²) in [5.74, 6) is -0.452. The molecule has 7 nitrogen and oxygen atoms in total. The van der Waals surface area contributed by atoms with E-state index in [9.17, 15) is 13.2 Å². The van der Waals surface area contributed by atoms with Crippen molar-refractivity contribution in [2.75, 3.05) is 24.2 Å². The number of nitrogens with zero attached hydrogens (tertiary/aromatic N) is 3. The van der Waals surface area contributed by atoms with Crippen LogP contribution in [-0.4, -0.2) is 52.9 Å². The zero-order chi connectivity index (χ0) is 21.6. The molecule has 1 amide bonds. The summed E-state index contributed by atoms with van der Waals surface area (Å²) in [6.45, 7) is 4.85. The van der Waals surface area contributed by atoms with E-state index >= 15 is 0 Å². The number of sulfonamides is 1. The second-order valence-electron chi connectivity index (χ2n) is 7.63. The molecule has 0 bridgehead atoms. The van der Waals surface area contributed by atoms with E-state index in [0.717, 1.165) is 16.3 Å². The molecule has 1 fully saturated rings. The SMILES string of the molecule is CC(C)Sc1nnc(NC(=O)[C@@H]2CCCN(S(=O)(=O)CCCc3ccccc3)C2)s1. The van der Waals surface area contributed by atoms with Crippen LogP contribution in [0, 0.1) is 5.92 Å². The second kappa shape index (κ2) is 10.7. The minimum Gasteiger partial charge on any atom is -0.300 e. The Morgan fingerprint density at radius 2 is 2.07 bits per heavy atom. The molecule has 1 atom stereocenters. The maximum atomic E-state index is 12.8. The first-order valence-corrected chi connectivity index (χ1v) is 13.5. The molecule has 0 unspecified atom stereocenters. The highest BCUT2D eigenvalue weighted by Gasteiger charge is 2.32. The molecule has 0 saturated carbocycles. The lowest BCUT2D eigenvalue weighted by molar-refractivity contribution is -0.120. The lowest BCUT2D eigenvalue weighted by Crippen LogP contribution is -2.44. The van der Waals surface area contributed by atoms with Crippen molar-refractivity contribution < 1.29 is 13.2 Å². The Bertz CT molecular complexity index is 932. The highest BCUT2D eigenvalue weighted by atomic mass is 32.2. The number of anilines is 1. The van der Waals surface area contributed by atoms with Crippen LogP contribution in [0.2, 0.25) is 0 Å². The van der Waals surface area contributed by atoms with Crippen LogP contribution in [0.25, 0.3) is 0 Å². The van der Waals surface area contributed by atoms with Gasteiger partial charge < -0.3 is 5.32 Å². The van der Waals surface area contributed by atoms with Gasteiger partial charge in [0.2, 0.25) is 21.1 Å². The molecule has 1 aliphatic rings. The molecule has 1 aromatic heterocycles. The van der Waals surface area contributed by atoms with Gasteiger partial charge in [-0.15, -0.1) is 10.2 Å². The van der Waals surface area contributed by atoms with Gasteiger partial charge >= 0.3 is 0 Å². The molecule has 1 aliphatic heterocycles. The number of carbonyl (C=O) groups is 1.